The fourth-order valence-electron chi connectivity index (χ4n) is 2.11. The molecule has 0 aliphatic heterocycles. The highest BCUT2D eigenvalue weighted by molar-refractivity contribution is 6.03. The van der Waals surface area contributed by atoms with E-state index >= 15 is 0 Å². The van der Waals surface area contributed by atoms with Crippen molar-refractivity contribution in [2.75, 3.05) is 32.8 Å². The fraction of sp³-hybridized carbons (Fsp3) is 0.556. The van der Waals surface area contributed by atoms with E-state index in [1.54, 1.807) is 24.3 Å². The number of unbranched alkanes of at least 4 members (excludes halogenated alkanes) is 1. The molecule has 0 spiro atoms. The molecule has 23 heavy (non-hydrogen) atoms. The Morgan fingerprint density at radius 1 is 0.913 bits per heavy atom. The van der Waals surface area contributed by atoms with Crippen LogP contribution in [-0.2, 0) is 9.47 Å². The van der Waals surface area contributed by atoms with E-state index < -0.39 is 11.9 Å². The number of hydrogen-bond acceptors (Lipinski definition) is 5. The van der Waals surface area contributed by atoms with Gasteiger partial charge in [0.15, 0.2) is 0 Å². The van der Waals surface area contributed by atoms with Crippen LogP contribution in [0.1, 0.15) is 54.3 Å². The molecule has 0 aromatic heterocycles. The summed E-state index contributed by atoms with van der Waals surface area (Å²) in [7, 11) is 0. The molecule has 1 rings (SSSR count). The molecule has 0 saturated carbocycles. The Kier molecular flexibility index (Phi) is 8.98. The van der Waals surface area contributed by atoms with Crippen molar-refractivity contribution < 1.29 is 19.1 Å². The number of hydrogen-bond donors (Lipinski definition) is 0. The molecule has 5 nitrogen and oxygen atoms in total. The van der Waals surface area contributed by atoms with Crippen molar-refractivity contribution >= 4 is 11.9 Å². The predicted molar refractivity (Wildman–Crippen MR) is 89.7 cm³/mol. The van der Waals surface area contributed by atoms with Crippen LogP contribution in [-0.4, -0.2) is 49.7 Å². The van der Waals surface area contributed by atoms with Crippen molar-refractivity contribution in [2.45, 2.75) is 33.6 Å². The molecule has 0 radical (unpaired) electrons. The van der Waals surface area contributed by atoms with Gasteiger partial charge in [0.1, 0.15) is 6.61 Å². The van der Waals surface area contributed by atoms with Gasteiger partial charge in [0.05, 0.1) is 17.7 Å². The van der Waals surface area contributed by atoms with Crippen LogP contribution in [0.3, 0.4) is 0 Å². The molecule has 0 saturated heterocycles. The van der Waals surface area contributed by atoms with Crippen LogP contribution in [0.25, 0.3) is 0 Å². The van der Waals surface area contributed by atoms with E-state index in [2.05, 4.69) is 18.7 Å². The molecule has 5 heteroatoms. The number of esters is 2. The summed E-state index contributed by atoms with van der Waals surface area (Å²) in [5.41, 5.74) is 0.519. The molecule has 0 heterocycles. The zero-order valence-corrected chi connectivity index (χ0v) is 14.3. The van der Waals surface area contributed by atoms with Crippen molar-refractivity contribution in [3.63, 3.8) is 0 Å². The molecule has 128 valence electrons. The second kappa shape index (κ2) is 10.8. The van der Waals surface area contributed by atoms with Gasteiger partial charge in [-0.25, -0.2) is 9.59 Å². The SMILES string of the molecule is CCCCOC(=O)c1ccccc1C(=O)OCCN(CC)CC. The first-order chi connectivity index (χ1) is 11.1. The van der Waals surface area contributed by atoms with Gasteiger partial charge in [0.2, 0.25) is 0 Å². The van der Waals surface area contributed by atoms with Gasteiger partial charge in [0, 0.05) is 6.54 Å². The highest BCUT2D eigenvalue weighted by Crippen LogP contribution is 2.12. The average Bonchev–Trinajstić information content (AvgIpc) is 2.58. The van der Waals surface area contributed by atoms with E-state index in [0.29, 0.717) is 19.8 Å². The van der Waals surface area contributed by atoms with E-state index in [-0.39, 0.29) is 11.1 Å². The Bertz CT molecular complexity index is 498. The Hall–Kier alpha value is -1.88. The summed E-state index contributed by atoms with van der Waals surface area (Å²) in [4.78, 5) is 26.5. The lowest BCUT2D eigenvalue weighted by molar-refractivity contribution is 0.0433. The smallest absolute Gasteiger partial charge is 0.339 e. The fourth-order valence-corrected chi connectivity index (χ4v) is 2.11. The Morgan fingerprint density at radius 2 is 1.43 bits per heavy atom. The van der Waals surface area contributed by atoms with Crippen LogP contribution in [0, 0.1) is 0 Å². The normalized spacial score (nSPS) is 10.6. The largest absolute Gasteiger partial charge is 0.462 e. The predicted octanol–water partition coefficient (Wildman–Crippen LogP) is 3.14. The van der Waals surface area contributed by atoms with Gasteiger partial charge in [-0.05, 0) is 31.6 Å². The standard InChI is InChI=1S/C18H27NO4/c1-4-7-13-22-17(20)15-10-8-9-11-16(15)18(21)23-14-12-19(5-2)6-3/h8-11H,4-7,12-14H2,1-3H3. The molecule has 1 aromatic rings. The van der Waals surface area contributed by atoms with Gasteiger partial charge < -0.3 is 14.4 Å². The molecule has 0 amide bonds. The molecule has 0 unspecified atom stereocenters. The van der Waals surface area contributed by atoms with Gasteiger partial charge in [-0.2, -0.15) is 0 Å². The van der Waals surface area contributed by atoms with E-state index in [1.807, 2.05) is 6.92 Å². The van der Waals surface area contributed by atoms with Gasteiger partial charge in [0.25, 0.3) is 0 Å². The molecule has 0 bridgehead atoms. The van der Waals surface area contributed by atoms with E-state index in [1.165, 1.54) is 0 Å². The van der Waals surface area contributed by atoms with Crippen molar-refractivity contribution in [3.05, 3.63) is 35.4 Å². The van der Waals surface area contributed by atoms with Gasteiger partial charge in [-0.3, -0.25) is 0 Å². The van der Waals surface area contributed by atoms with Crippen molar-refractivity contribution in [1.82, 2.24) is 4.90 Å². The first-order valence-corrected chi connectivity index (χ1v) is 8.29. The minimum atomic E-state index is -0.486. The summed E-state index contributed by atoms with van der Waals surface area (Å²) in [6.45, 7) is 9.32. The summed E-state index contributed by atoms with van der Waals surface area (Å²) >= 11 is 0. The highest BCUT2D eigenvalue weighted by Gasteiger charge is 2.18. The van der Waals surface area contributed by atoms with Gasteiger partial charge in [-0.1, -0.05) is 39.3 Å². The number of nitrogens with zero attached hydrogens (tertiary/aromatic N) is 1. The molecule has 1 aromatic carbocycles. The van der Waals surface area contributed by atoms with Crippen molar-refractivity contribution in [3.8, 4) is 0 Å². The number of carbonyl (C=O) groups is 2. The zero-order valence-electron chi connectivity index (χ0n) is 14.3. The van der Waals surface area contributed by atoms with Crippen molar-refractivity contribution in [2.24, 2.45) is 0 Å². The lowest BCUT2D eigenvalue weighted by Crippen LogP contribution is -2.28. The number of carbonyl (C=O) groups excluding carboxylic acids is 2. The summed E-state index contributed by atoms with van der Waals surface area (Å²) in [5.74, 6) is -0.963. The number of ether oxygens (including phenoxy) is 2. The minimum absolute atomic E-state index is 0.258. The van der Waals surface area contributed by atoms with E-state index in [9.17, 15) is 9.59 Å². The van der Waals surface area contributed by atoms with Crippen LogP contribution in [0.2, 0.25) is 0 Å². The third-order valence-corrected chi connectivity index (χ3v) is 3.63. The Morgan fingerprint density at radius 3 is 1.91 bits per heavy atom. The first-order valence-electron chi connectivity index (χ1n) is 8.29. The highest BCUT2D eigenvalue weighted by atomic mass is 16.5. The summed E-state index contributed by atoms with van der Waals surface area (Å²) in [6.07, 6.45) is 1.75. The third kappa shape index (κ3) is 6.40. The van der Waals surface area contributed by atoms with Crippen molar-refractivity contribution in [1.29, 1.82) is 0 Å². The molecular weight excluding hydrogens is 294 g/mol. The topological polar surface area (TPSA) is 55.8 Å². The third-order valence-electron chi connectivity index (χ3n) is 3.63. The van der Waals surface area contributed by atoms with Gasteiger partial charge >= 0.3 is 11.9 Å². The van der Waals surface area contributed by atoms with Gasteiger partial charge in [-0.15, -0.1) is 0 Å². The van der Waals surface area contributed by atoms with Crippen LogP contribution in [0.4, 0.5) is 0 Å². The minimum Gasteiger partial charge on any atom is -0.462 e. The van der Waals surface area contributed by atoms with Crippen LogP contribution >= 0.6 is 0 Å². The van der Waals surface area contributed by atoms with Crippen LogP contribution in [0.15, 0.2) is 24.3 Å². The maximum absolute atomic E-state index is 12.2. The zero-order chi connectivity index (χ0) is 17.1. The Balaban J connectivity index is 2.64. The summed E-state index contributed by atoms with van der Waals surface area (Å²) in [5, 5.41) is 0. The molecule has 0 fully saturated rings. The molecular formula is C18H27NO4. The average molecular weight is 321 g/mol. The first kappa shape index (κ1) is 19.2. The summed E-state index contributed by atoms with van der Waals surface area (Å²) < 4.78 is 10.5. The Labute approximate surface area is 138 Å². The molecule has 0 atom stereocenters. The van der Waals surface area contributed by atoms with Crippen LogP contribution < -0.4 is 0 Å². The lowest BCUT2D eigenvalue weighted by atomic mass is 10.1. The number of likely N-dealkylation sites (N-methyl/N-ethyl adjacent to an activating group) is 1. The quantitative estimate of drug-likeness (QED) is 0.489. The summed E-state index contributed by atoms with van der Waals surface area (Å²) in [6, 6.07) is 6.61. The second-order valence-electron chi connectivity index (χ2n) is 5.20. The number of benzene rings is 1. The maximum Gasteiger partial charge on any atom is 0.339 e. The number of rotatable bonds is 10. The van der Waals surface area contributed by atoms with E-state index in [0.717, 1.165) is 25.9 Å². The maximum atomic E-state index is 12.2. The second-order valence-corrected chi connectivity index (χ2v) is 5.20. The molecule has 0 aliphatic rings. The molecule has 0 aliphatic carbocycles. The van der Waals surface area contributed by atoms with E-state index in [4.69, 9.17) is 9.47 Å². The molecule has 0 N–H and O–H groups in total. The monoisotopic (exact) mass is 321 g/mol. The lowest BCUT2D eigenvalue weighted by Gasteiger charge is -2.17. The van der Waals surface area contributed by atoms with Crippen LogP contribution in [0.5, 0.6) is 0 Å².